The lowest BCUT2D eigenvalue weighted by atomic mass is 9.87. The molecule has 0 spiro atoms. The summed E-state index contributed by atoms with van der Waals surface area (Å²) in [7, 11) is 0. The van der Waals surface area contributed by atoms with Gasteiger partial charge in [0.1, 0.15) is 18.1 Å². The highest BCUT2D eigenvalue weighted by Gasteiger charge is 2.49. The van der Waals surface area contributed by atoms with Gasteiger partial charge in [0.2, 0.25) is 23.6 Å². The zero-order valence-corrected chi connectivity index (χ0v) is 23.7. The molecule has 2 aromatic rings. The molecule has 8 nitrogen and oxygen atoms in total. The van der Waals surface area contributed by atoms with Crippen LogP contribution in [0.5, 0.6) is 0 Å². The fourth-order valence-electron chi connectivity index (χ4n) is 5.74. The van der Waals surface area contributed by atoms with Gasteiger partial charge < -0.3 is 20.9 Å². The van der Waals surface area contributed by atoms with Crippen molar-refractivity contribution in [3.8, 4) is 0 Å². The maximum Gasteiger partial charge on any atom is 0.247 e. The van der Waals surface area contributed by atoms with E-state index in [0.717, 1.165) is 0 Å². The average molecular weight is 533 g/mol. The fourth-order valence-corrected chi connectivity index (χ4v) is 5.74. The van der Waals surface area contributed by atoms with Crippen molar-refractivity contribution >= 4 is 29.3 Å². The Kier molecular flexibility index (Phi) is 8.14. The molecule has 8 heteroatoms. The minimum atomic E-state index is -1.05. The molecule has 1 fully saturated rings. The summed E-state index contributed by atoms with van der Waals surface area (Å²) in [5.41, 5.74) is 2.86. The number of anilines is 1. The van der Waals surface area contributed by atoms with E-state index in [4.69, 9.17) is 0 Å². The van der Waals surface area contributed by atoms with Gasteiger partial charge in [-0.15, -0.1) is 0 Å². The quantitative estimate of drug-likeness (QED) is 0.505. The van der Waals surface area contributed by atoms with Gasteiger partial charge in [0.15, 0.2) is 0 Å². The van der Waals surface area contributed by atoms with Gasteiger partial charge in [0, 0.05) is 18.2 Å². The Bertz CT molecular complexity index is 1240. The van der Waals surface area contributed by atoms with E-state index in [1.54, 1.807) is 24.3 Å². The normalized spacial score (nSPS) is 20.4. The lowest BCUT2D eigenvalue weighted by molar-refractivity contribution is -0.158. The van der Waals surface area contributed by atoms with Crippen molar-refractivity contribution in [3.05, 3.63) is 65.2 Å². The van der Waals surface area contributed by atoms with Gasteiger partial charge in [-0.25, -0.2) is 0 Å². The molecule has 208 valence electrons. The Balaban J connectivity index is 1.79. The summed E-state index contributed by atoms with van der Waals surface area (Å²) >= 11 is 0. The number of hydrogen-bond acceptors (Lipinski definition) is 4. The Morgan fingerprint density at radius 1 is 1.03 bits per heavy atom. The third-order valence-corrected chi connectivity index (χ3v) is 7.25. The smallest absolute Gasteiger partial charge is 0.247 e. The van der Waals surface area contributed by atoms with Gasteiger partial charge in [-0.2, -0.15) is 0 Å². The molecule has 39 heavy (non-hydrogen) atoms. The SMILES string of the molecule is CC(=O)Nc1cccc([C@H](C(=O)NC(C)(C)C)N2C(=O)[C@@H](C3Cc4ccccc4C3)NC(=O)[C@H]2CC(C)C)c1. The van der Waals surface area contributed by atoms with Crippen LogP contribution in [0, 0.1) is 11.8 Å². The van der Waals surface area contributed by atoms with Crippen LogP contribution in [-0.4, -0.2) is 46.2 Å². The number of nitrogens with zero attached hydrogens (tertiary/aromatic N) is 1. The summed E-state index contributed by atoms with van der Waals surface area (Å²) < 4.78 is 0. The number of nitrogens with one attached hydrogen (secondary N) is 3. The van der Waals surface area contributed by atoms with E-state index >= 15 is 0 Å². The first-order valence-corrected chi connectivity index (χ1v) is 13.7. The lowest BCUT2D eigenvalue weighted by Crippen LogP contribution is -2.67. The molecule has 0 saturated carbocycles. The van der Waals surface area contributed by atoms with E-state index in [0.29, 0.717) is 30.5 Å². The number of fused-ring (bicyclic) bond motifs is 1. The molecular weight excluding hydrogens is 492 g/mol. The number of hydrogen-bond donors (Lipinski definition) is 3. The predicted octanol–water partition coefficient (Wildman–Crippen LogP) is 3.76. The van der Waals surface area contributed by atoms with E-state index in [2.05, 4.69) is 28.1 Å². The zero-order chi connectivity index (χ0) is 28.5. The summed E-state index contributed by atoms with van der Waals surface area (Å²) in [5, 5.41) is 8.84. The molecule has 4 amide bonds. The number of carbonyl (C=O) groups excluding carboxylic acids is 4. The number of amides is 4. The second kappa shape index (κ2) is 11.2. The summed E-state index contributed by atoms with van der Waals surface area (Å²) in [4.78, 5) is 55.3. The monoisotopic (exact) mass is 532 g/mol. The van der Waals surface area contributed by atoms with E-state index in [9.17, 15) is 19.2 Å². The number of carbonyl (C=O) groups is 4. The highest BCUT2D eigenvalue weighted by molar-refractivity contribution is 6.00. The second-order valence-corrected chi connectivity index (χ2v) is 12.3. The van der Waals surface area contributed by atoms with Crippen LogP contribution in [0.1, 0.15) is 70.7 Å². The zero-order valence-electron chi connectivity index (χ0n) is 23.7. The Labute approximate surface area is 230 Å². The predicted molar refractivity (Wildman–Crippen MR) is 151 cm³/mol. The molecule has 2 aromatic carbocycles. The second-order valence-electron chi connectivity index (χ2n) is 12.3. The van der Waals surface area contributed by atoms with Gasteiger partial charge in [-0.3, -0.25) is 19.2 Å². The third kappa shape index (κ3) is 6.49. The molecule has 1 aliphatic heterocycles. The van der Waals surface area contributed by atoms with Crippen LogP contribution < -0.4 is 16.0 Å². The van der Waals surface area contributed by atoms with Crippen molar-refractivity contribution in [2.24, 2.45) is 11.8 Å². The summed E-state index contributed by atoms with van der Waals surface area (Å²) in [5.74, 6) is -1.09. The van der Waals surface area contributed by atoms with Crippen molar-refractivity contribution in [2.45, 2.75) is 84.5 Å². The fraction of sp³-hybridized carbons (Fsp3) is 0.484. The molecule has 2 aliphatic rings. The van der Waals surface area contributed by atoms with Crippen molar-refractivity contribution in [2.75, 3.05) is 5.32 Å². The largest absolute Gasteiger partial charge is 0.349 e. The Morgan fingerprint density at radius 2 is 1.67 bits per heavy atom. The summed E-state index contributed by atoms with van der Waals surface area (Å²) in [6.07, 6.45) is 1.79. The van der Waals surface area contributed by atoms with E-state index < -0.39 is 23.7 Å². The first-order chi connectivity index (χ1) is 18.3. The van der Waals surface area contributed by atoms with E-state index in [1.807, 2.05) is 46.8 Å². The van der Waals surface area contributed by atoms with Crippen molar-refractivity contribution in [1.29, 1.82) is 0 Å². The number of benzene rings is 2. The molecule has 0 aromatic heterocycles. The summed E-state index contributed by atoms with van der Waals surface area (Å²) in [6.45, 7) is 11.0. The van der Waals surface area contributed by atoms with Gasteiger partial charge >= 0.3 is 0 Å². The summed E-state index contributed by atoms with van der Waals surface area (Å²) in [6, 6.07) is 12.5. The van der Waals surface area contributed by atoms with Crippen molar-refractivity contribution in [1.82, 2.24) is 15.5 Å². The van der Waals surface area contributed by atoms with Crippen LogP contribution in [0.4, 0.5) is 5.69 Å². The molecule has 3 N–H and O–H groups in total. The van der Waals surface area contributed by atoms with Crippen molar-refractivity contribution in [3.63, 3.8) is 0 Å². The molecule has 0 radical (unpaired) electrons. The highest BCUT2D eigenvalue weighted by atomic mass is 16.2. The third-order valence-electron chi connectivity index (χ3n) is 7.25. The molecular formula is C31H40N4O4. The minimum Gasteiger partial charge on any atom is -0.349 e. The molecule has 0 unspecified atom stereocenters. The standard InChI is InChI=1S/C31H40N4O4/c1-18(2)14-25-28(37)33-26(23-15-20-10-7-8-11-21(20)16-23)30(39)35(25)27(29(38)34-31(4,5)6)22-12-9-13-24(17-22)32-19(3)36/h7-13,17-18,23,25-27H,14-16H2,1-6H3,(H,32,36)(H,33,37)(H,34,38)/t25-,26-,27-/m1/s1. The maximum atomic E-state index is 14.4. The van der Waals surface area contributed by atoms with Crippen LogP contribution in [0.3, 0.4) is 0 Å². The molecule has 0 bridgehead atoms. The Morgan fingerprint density at radius 3 is 2.23 bits per heavy atom. The topological polar surface area (TPSA) is 108 Å². The van der Waals surface area contributed by atoms with Crippen LogP contribution in [0.25, 0.3) is 0 Å². The first-order valence-electron chi connectivity index (χ1n) is 13.7. The maximum absolute atomic E-state index is 14.4. The van der Waals surface area contributed by atoms with Crippen LogP contribution in [-0.2, 0) is 32.0 Å². The number of piperazine rings is 1. The van der Waals surface area contributed by atoms with E-state index in [-0.39, 0.29) is 35.5 Å². The van der Waals surface area contributed by atoms with Crippen LogP contribution >= 0.6 is 0 Å². The van der Waals surface area contributed by atoms with Gasteiger partial charge in [-0.05, 0) is 80.7 Å². The lowest BCUT2D eigenvalue weighted by Gasteiger charge is -2.45. The molecule has 4 rings (SSSR count). The highest BCUT2D eigenvalue weighted by Crippen LogP contribution is 2.36. The van der Waals surface area contributed by atoms with Gasteiger partial charge in [0.25, 0.3) is 0 Å². The molecule has 1 saturated heterocycles. The van der Waals surface area contributed by atoms with Crippen molar-refractivity contribution < 1.29 is 19.2 Å². The van der Waals surface area contributed by atoms with Crippen LogP contribution in [0.2, 0.25) is 0 Å². The number of rotatable bonds is 7. The van der Waals surface area contributed by atoms with Gasteiger partial charge in [-0.1, -0.05) is 50.2 Å². The van der Waals surface area contributed by atoms with Gasteiger partial charge in [0.05, 0.1) is 0 Å². The van der Waals surface area contributed by atoms with E-state index in [1.165, 1.54) is 23.0 Å². The van der Waals surface area contributed by atoms with Crippen LogP contribution in [0.15, 0.2) is 48.5 Å². The molecule has 1 heterocycles. The first kappa shape index (κ1) is 28.3. The Hall–Kier alpha value is -3.68. The molecule has 1 aliphatic carbocycles. The average Bonchev–Trinajstić information content (AvgIpc) is 3.26. The minimum absolute atomic E-state index is 0.0987. The molecule has 3 atom stereocenters.